The van der Waals surface area contributed by atoms with Crippen LogP contribution in [0.1, 0.15) is 107 Å². The van der Waals surface area contributed by atoms with Gasteiger partial charge in [-0.3, -0.25) is 0 Å². The van der Waals surface area contributed by atoms with Crippen LogP contribution in [0.2, 0.25) is 0 Å². The number of nitrogens with one attached hydrogen (secondary N) is 1. The average Bonchev–Trinajstić information content (AvgIpc) is 3.48. The molecule has 0 radical (unpaired) electrons. The van der Waals surface area contributed by atoms with Crippen LogP contribution >= 0.6 is 0 Å². The van der Waals surface area contributed by atoms with Gasteiger partial charge in [0.05, 0.1) is 12.8 Å². The summed E-state index contributed by atoms with van der Waals surface area (Å²) in [4.78, 5) is 5.14. The molecule has 58 heavy (non-hydrogen) atoms. The maximum Gasteiger partial charge on any atom is 0.178 e. The number of hydrogen-bond donors (Lipinski definition) is 1. The molecular formula is C53H61N3O2. The molecule has 1 saturated carbocycles. The number of ether oxygens (including phenoxy) is 2. The molecule has 3 aliphatic heterocycles. The van der Waals surface area contributed by atoms with Crippen molar-refractivity contribution < 1.29 is 9.47 Å². The minimum absolute atomic E-state index is 0.0458. The van der Waals surface area contributed by atoms with E-state index in [-0.39, 0.29) is 10.8 Å². The van der Waals surface area contributed by atoms with Gasteiger partial charge in [-0.2, -0.15) is 0 Å². The Morgan fingerprint density at radius 2 is 1.55 bits per heavy atom. The minimum Gasteiger partial charge on any atom is -0.495 e. The van der Waals surface area contributed by atoms with Crippen LogP contribution in [0.15, 0.2) is 91.0 Å². The molecule has 3 fully saturated rings. The topological polar surface area (TPSA) is 37.0 Å². The van der Waals surface area contributed by atoms with Gasteiger partial charge in [0.2, 0.25) is 0 Å². The van der Waals surface area contributed by atoms with E-state index in [0.717, 1.165) is 72.6 Å². The summed E-state index contributed by atoms with van der Waals surface area (Å²) in [6, 6.07) is 32.5. The Morgan fingerprint density at radius 3 is 2.29 bits per heavy atom. The predicted molar refractivity (Wildman–Crippen MR) is 242 cm³/mol. The van der Waals surface area contributed by atoms with Gasteiger partial charge in [0, 0.05) is 71.9 Å². The van der Waals surface area contributed by atoms with Crippen molar-refractivity contribution in [3.8, 4) is 22.6 Å². The largest absolute Gasteiger partial charge is 0.495 e. The quantitative estimate of drug-likeness (QED) is 0.193. The zero-order valence-electron chi connectivity index (χ0n) is 35.8. The second-order valence-corrected chi connectivity index (χ2v) is 19.6. The van der Waals surface area contributed by atoms with Gasteiger partial charge in [-0.1, -0.05) is 121 Å². The van der Waals surface area contributed by atoms with E-state index in [0.29, 0.717) is 6.04 Å². The molecule has 5 aromatic carbocycles. The third-order valence-electron chi connectivity index (χ3n) is 14.7. The first kappa shape index (κ1) is 37.5. The Kier molecular flexibility index (Phi) is 9.02. The second kappa shape index (κ2) is 13.9. The fourth-order valence-electron chi connectivity index (χ4n) is 11.4. The molecule has 5 aliphatic rings. The lowest BCUT2D eigenvalue weighted by Gasteiger charge is -2.43. The Hall–Kier alpha value is -4.74. The number of piperidine rings is 1. The molecular weight excluding hydrogens is 711 g/mol. The molecule has 2 saturated heterocycles. The van der Waals surface area contributed by atoms with Crippen molar-refractivity contribution in [1.29, 1.82) is 0 Å². The van der Waals surface area contributed by atoms with Crippen molar-refractivity contribution in [2.75, 3.05) is 49.6 Å². The maximum absolute atomic E-state index is 7.78. The molecule has 4 atom stereocenters. The van der Waals surface area contributed by atoms with Crippen LogP contribution in [0.25, 0.3) is 28.0 Å². The number of fused-ring (bicyclic) bond motifs is 9. The first-order valence-electron chi connectivity index (χ1n) is 22.1. The third-order valence-corrected chi connectivity index (χ3v) is 14.7. The van der Waals surface area contributed by atoms with Gasteiger partial charge in [-0.25, -0.2) is 0 Å². The van der Waals surface area contributed by atoms with Crippen molar-refractivity contribution in [3.63, 3.8) is 0 Å². The predicted octanol–water partition coefficient (Wildman–Crippen LogP) is 11.6. The molecule has 5 heteroatoms. The standard InChI is InChI=1S/C53H61N3O2/c1-34-32-55(28-26-54-34)40-20-17-38(18-21-40)53(37-15-9-8-10-16-37)25-23-42-49-48(41-22-19-39(51(2,3)4)29-45(41)52(49,5)6)43-30-46(47(57-7)31-44(43)50(42)58-53)56-27-24-35-13-11-12-14-36(35)33-56/h8-10,15-23,25,29-31,34-36,54H,11-14,24,26-28,32-33H2,1-7H3. The average molecular weight is 772 g/mol. The summed E-state index contributed by atoms with van der Waals surface area (Å²) < 4.78 is 14.2. The summed E-state index contributed by atoms with van der Waals surface area (Å²) in [5.74, 6) is 3.49. The highest BCUT2D eigenvalue weighted by atomic mass is 16.5. The van der Waals surface area contributed by atoms with E-state index in [1.807, 2.05) is 7.11 Å². The number of benzene rings is 5. The minimum atomic E-state index is -0.825. The summed E-state index contributed by atoms with van der Waals surface area (Å²) in [5.41, 5.74) is 11.7. The highest BCUT2D eigenvalue weighted by Gasteiger charge is 2.45. The number of anilines is 2. The zero-order chi connectivity index (χ0) is 40.0. The molecule has 1 N–H and O–H groups in total. The molecule has 3 heterocycles. The Balaban J connectivity index is 1.19. The highest BCUT2D eigenvalue weighted by molar-refractivity contribution is 6.10. The van der Waals surface area contributed by atoms with Crippen LogP contribution in [0.5, 0.6) is 11.5 Å². The van der Waals surface area contributed by atoms with Gasteiger partial charge in [0.15, 0.2) is 5.60 Å². The lowest BCUT2D eigenvalue weighted by molar-refractivity contribution is 0.163. The second-order valence-electron chi connectivity index (χ2n) is 19.6. The summed E-state index contributed by atoms with van der Waals surface area (Å²) >= 11 is 0. The van der Waals surface area contributed by atoms with E-state index in [1.165, 1.54) is 82.2 Å². The van der Waals surface area contributed by atoms with E-state index in [4.69, 9.17) is 9.47 Å². The van der Waals surface area contributed by atoms with Gasteiger partial charge in [0.25, 0.3) is 0 Å². The first-order valence-corrected chi connectivity index (χ1v) is 22.1. The van der Waals surface area contributed by atoms with Crippen LogP contribution in [0.4, 0.5) is 11.4 Å². The summed E-state index contributed by atoms with van der Waals surface area (Å²) in [5, 5.41) is 5.96. The molecule has 4 unspecified atom stereocenters. The van der Waals surface area contributed by atoms with Crippen LogP contribution in [0, 0.1) is 11.8 Å². The fraction of sp³-hybridized carbons (Fsp3) is 0.434. The lowest BCUT2D eigenvalue weighted by atomic mass is 9.75. The number of hydrogen-bond acceptors (Lipinski definition) is 5. The Morgan fingerprint density at radius 1 is 0.793 bits per heavy atom. The Bertz CT molecular complexity index is 2410. The third kappa shape index (κ3) is 5.97. The molecule has 10 rings (SSSR count). The van der Waals surface area contributed by atoms with Crippen molar-refractivity contribution in [1.82, 2.24) is 5.32 Å². The monoisotopic (exact) mass is 771 g/mol. The lowest BCUT2D eigenvalue weighted by Crippen LogP contribution is -2.49. The van der Waals surface area contributed by atoms with E-state index in [1.54, 1.807) is 0 Å². The van der Waals surface area contributed by atoms with E-state index < -0.39 is 5.60 Å². The molecule has 5 aromatic rings. The molecule has 300 valence electrons. The van der Waals surface area contributed by atoms with Crippen LogP contribution in [-0.4, -0.2) is 45.9 Å². The summed E-state index contributed by atoms with van der Waals surface area (Å²) in [7, 11) is 1.85. The normalized spacial score (nSPS) is 24.8. The SMILES string of the molecule is COc1cc2c3c(c4c(c2cc1N1CCC2CCCCC2C1)-c1ccc(C(C)(C)C)cc1C4(C)C)C=CC(c1ccccc1)(c1ccc(N2CCNC(C)C2)cc1)O3. The smallest absolute Gasteiger partial charge is 0.178 e. The van der Waals surface area contributed by atoms with Crippen LogP contribution in [0.3, 0.4) is 0 Å². The molecule has 2 aliphatic carbocycles. The number of piperazine rings is 1. The van der Waals surface area contributed by atoms with E-state index in [2.05, 4.69) is 154 Å². The zero-order valence-corrected chi connectivity index (χ0v) is 35.8. The van der Waals surface area contributed by atoms with Gasteiger partial charge >= 0.3 is 0 Å². The molecule has 0 aromatic heterocycles. The van der Waals surface area contributed by atoms with Gasteiger partial charge in [0.1, 0.15) is 11.5 Å². The molecule has 0 amide bonds. The van der Waals surface area contributed by atoms with Crippen molar-refractivity contribution in [3.05, 3.63) is 124 Å². The molecule has 0 spiro atoms. The van der Waals surface area contributed by atoms with Gasteiger partial charge < -0.3 is 24.6 Å². The van der Waals surface area contributed by atoms with Crippen LogP contribution < -0.4 is 24.6 Å². The number of nitrogens with zero attached hydrogens (tertiary/aromatic N) is 2. The molecule has 0 bridgehead atoms. The van der Waals surface area contributed by atoms with Gasteiger partial charge in [-0.05, 0) is 101 Å². The first-order chi connectivity index (χ1) is 28.0. The summed E-state index contributed by atoms with van der Waals surface area (Å²) in [6.07, 6.45) is 11.5. The Labute approximate surface area is 346 Å². The van der Waals surface area contributed by atoms with E-state index in [9.17, 15) is 0 Å². The fourth-order valence-corrected chi connectivity index (χ4v) is 11.4. The number of methoxy groups -OCH3 is 1. The van der Waals surface area contributed by atoms with Crippen LogP contribution in [-0.2, 0) is 16.4 Å². The number of rotatable bonds is 5. The molecule has 5 nitrogen and oxygen atoms in total. The summed E-state index contributed by atoms with van der Waals surface area (Å²) in [6.45, 7) is 19.3. The van der Waals surface area contributed by atoms with E-state index >= 15 is 0 Å². The van der Waals surface area contributed by atoms with Crippen molar-refractivity contribution >= 4 is 28.2 Å². The maximum atomic E-state index is 7.78. The van der Waals surface area contributed by atoms with Gasteiger partial charge in [-0.15, -0.1) is 0 Å². The highest BCUT2D eigenvalue weighted by Crippen LogP contribution is 2.60. The van der Waals surface area contributed by atoms with Crippen molar-refractivity contribution in [2.45, 2.75) is 96.1 Å². The van der Waals surface area contributed by atoms with Crippen molar-refractivity contribution in [2.24, 2.45) is 11.8 Å².